The maximum absolute atomic E-state index is 13.0. The van der Waals surface area contributed by atoms with Crippen LogP contribution in [0.25, 0.3) is 11.0 Å². The molecule has 0 atom stereocenters. The maximum atomic E-state index is 13.0. The fourth-order valence-electron chi connectivity index (χ4n) is 4.57. The third-order valence-electron chi connectivity index (χ3n) is 6.44. The van der Waals surface area contributed by atoms with Crippen LogP contribution in [-0.4, -0.2) is 71.1 Å². The highest BCUT2D eigenvalue weighted by Gasteiger charge is 2.26. The molecule has 1 aromatic heterocycles. The van der Waals surface area contributed by atoms with E-state index in [1.807, 2.05) is 31.2 Å². The number of carbonyl (C=O) groups is 2. The van der Waals surface area contributed by atoms with Crippen molar-refractivity contribution in [1.82, 2.24) is 18.9 Å². The van der Waals surface area contributed by atoms with Gasteiger partial charge < -0.3 is 19.3 Å². The van der Waals surface area contributed by atoms with Crippen LogP contribution in [0.3, 0.4) is 0 Å². The van der Waals surface area contributed by atoms with Crippen molar-refractivity contribution in [3.63, 3.8) is 0 Å². The molecule has 1 aliphatic heterocycles. The Labute approximate surface area is 204 Å². The van der Waals surface area contributed by atoms with Crippen molar-refractivity contribution in [3.8, 4) is 11.5 Å². The highest BCUT2D eigenvalue weighted by Crippen LogP contribution is 2.24. The van der Waals surface area contributed by atoms with Crippen LogP contribution in [-0.2, 0) is 17.9 Å². The first-order valence-corrected chi connectivity index (χ1v) is 11.9. The molecule has 0 N–H and O–H groups in total. The lowest BCUT2D eigenvalue weighted by molar-refractivity contribution is -0.132. The summed E-state index contributed by atoms with van der Waals surface area (Å²) in [5.74, 6) is 0.970. The summed E-state index contributed by atoms with van der Waals surface area (Å²) in [6, 6.07) is 12.8. The smallest absolute Gasteiger partial charge is 0.329 e. The Kier molecular flexibility index (Phi) is 7.43. The number of hydrogen-bond donors (Lipinski definition) is 0. The van der Waals surface area contributed by atoms with E-state index in [-0.39, 0.29) is 23.9 Å². The summed E-state index contributed by atoms with van der Waals surface area (Å²) in [6.07, 6.45) is 1.10. The van der Waals surface area contributed by atoms with E-state index in [0.717, 1.165) is 17.5 Å². The first-order chi connectivity index (χ1) is 17.0. The summed E-state index contributed by atoms with van der Waals surface area (Å²) < 4.78 is 14.0. The molecule has 2 amide bonds. The Bertz CT molecular complexity index is 1250. The van der Waals surface area contributed by atoms with Gasteiger partial charge in [-0.25, -0.2) is 4.79 Å². The van der Waals surface area contributed by atoms with Gasteiger partial charge in [-0.3, -0.25) is 18.7 Å². The quantitative estimate of drug-likeness (QED) is 0.495. The van der Waals surface area contributed by atoms with Gasteiger partial charge in [0.25, 0.3) is 5.91 Å². The molecule has 2 aromatic carbocycles. The lowest BCUT2D eigenvalue weighted by Crippen LogP contribution is -2.50. The summed E-state index contributed by atoms with van der Waals surface area (Å²) in [6.45, 7) is 4.82. The number of fused-ring (bicyclic) bond motifs is 1. The molecule has 0 unspecified atom stereocenters. The number of rotatable bonds is 8. The maximum Gasteiger partial charge on any atom is 0.329 e. The third kappa shape index (κ3) is 5.03. The van der Waals surface area contributed by atoms with Gasteiger partial charge in [0.15, 0.2) is 0 Å². The van der Waals surface area contributed by atoms with Crippen molar-refractivity contribution in [2.75, 3.05) is 40.4 Å². The monoisotopic (exact) mass is 480 g/mol. The van der Waals surface area contributed by atoms with Crippen LogP contribution in [0.15, 0.2) is 47.3 Å². The Balaban J connectivity index is 1.38. The zero-order valence-corrected chi connectivity index (χ0v) is 20.5. The van der Waals surface area contributed by atoms with Crippen LogP contribution < -0.4 is 15.2 Å². The Hall–Kier alpha value is -3.75. The molecule has 1 fully saturated rings. The lowest BCUT2D eigenvalue weighted by atomic mass is 10.1. The summed E-state index contributed by atoms with van der Waals surface area (Å²) in [4.78, 5) is 42.4. The molecule has 1 aliphatic rings. The standard InChI is InChI=1S/C26H32N4O5/c1-4-10-29-22-7-5-6-8-23(22)30(26(29)33)11-9-24(31)27-12-14-28(15-13-27)25(32)19-16-20(34-2)18-21(17-19)35-3/h5-8,16-18H,4,9-15H2,1-3H3. The van der Waals surface area contributed by atoms with Gasteiger partial charge in [-0.1, -0.05) is 19.1 Å². The van der Waals surface area contributed by atoms with E-state index in [1.165, 1.54) is 0 Å². The van der Waals surface area contributed by atoms with Crippen molar-refractivity contribution in [3.05, 3.63) is 58.5 Å². The normalized spacial score (nSPS) is 13.8. The molecule has 9 heteroatoms. The molecule has 0 saturated carbocycles. The zero-order valence-electron chi connectivity index (χ0n) is 20.5. The van der Waals surface area contributed by atoms with Crippen molar-refractivity contribution in [2.24, 2.45) is 0 Å². The molecule has 0 bridgehead atoms. The third-order valence-corrected chi connectivity index (χ3v) is 6.44. The van der Waals surface area contributed by atoms with Gasteiger partial charge in [0.05, 0.1) is 25.3 Å². The summed E-state index contributed by atoms with van der Waals surface area (Å²) in [5.41, 5.74) is 2.16. The van der Waals surface area contributed by atoms with Gasteiger partial charge >= 0.3 is 5.69 Å². The molecule has 1 saturated heterocycles. The molecule has 2 heterocycles. The first kappa shape index (κ1) is 24.4. The number of amides is 2. The van der Waals surface area contributed by atoms with Crippen LogP contribution in [0.1, 0.15) is 30.1 Å². The number of imidazole rings is 1. The number of para-hydroxylation sites is 2. The van der Waals surface area contributed by atoms with E-state index in [1.54, 1.807) is 51.4 Å². The number of methoxy groups -OCH3 is 2. The molecule has 186 valence electrons. The lowest BCUT2D eigenvalue weighted by Gasteiger charge is -2.35. The molecule has 9 nitrogen and oxygen atoms in total. The minimum Gasteiger partial charge on any atom is -0.497 e. The SMILES string of the molecule is CCCn1c(=O)n(CCC(=O)N2CCN(C(=O)c3cc(OC)cc(OC)c3)CC2)c2ccccc21. The van der Waals surface area contributed by atoms with Gasteiger partial charge in [-0.05, 0) is 30.7 Å². The van der Waals surface area contributed by atoms with Gasteiger partial charge in [0.1, 0.15) is 11.5 Å². The van der Waals surface area contributed by atoms with Crippen molar-refractivity contribution in [2.45, 2.75) is 32.9 Å². The van der Waals surface area contributed by atoms with E-state index in [2.05, 4.69) is 0 Å². The second kappa shape index (κ2) is 10.7. The minimum absolute atomic E-state index is 0.0145. The molecule has 0 aliphatic carbocycles. The summed E-state index contributed by atoms with van der Waals surface area (Å²) in [5, 5.41) is 0. The van der Waals surface area contributed by atoms with E-state index < -0.39 is 0 Å². The average molecular weight is 481 g/mol. The number of aromatic nitrogens is 2. The molecule has 0 radical (unpaired) electrons. The van der Waals surface area contributed by atoms with E-state index >= 15 is 0 Å². The summed E-state index contributed by atoms with van der Waals surface area (Å²) in [7, 11) is 3.09. The number of nitrogens with zero attached hydrogens (tertiary/aromatic N) is 4. The Morgan fingerprint density at radius 3 is 1.91 bits per heavy atom. The van der Waals surface area contributed by atoms with Crippen LogP contribution in [0.4, 0.5) is 0 Å². The molecule has 3 aromatic rings. The van der Waals surface area contributed by atoms with Crippen LogP contribution in [0, 0.1) is 0 Å². The highest BCUT2D eigenvalue weighted by molar-refractivity contribution is 5.95. The molecular weight excluding hydrogens is 448 g/mol. The second-order valence-corrected chi connectivity index (χ2v) is 8.60. The predicted octanol–water partition coefficient (Wildman–Crippen LogP) is 2.60. The number of benzene rings is 2. The van der Waals surface area contributed by atoms with Crippen LogP contribution >= 0.6 is 0 Å². The van der Waals surface area contributed by atoms with Crippen LogP contribution in [0.2, 0.25) is 0 Å². The van der Waals surface area contributed by atoms with E-state index in [0.29, 0.717) is 56.3 Å². The number of piperazine rings is 1. The van der Waals surface area contributed by atoms with Crippen molar-refractivity contribution >= 4 is 22.8 Å². The van der Waals surface area contributed by atoms with E-state index in [9.17, 15) is 14.4 Å². The number of ether oxygens (including phenoxy) is 2. The molecular formula is C26H32N4O5. The second-order valence-electron chi connectivity index (χ2n) is 8.60. The first-order valence-electron chi connectivity index (χ1n) is 11.9. The Morgan fingerprint density at radius 1 is 0.829 bits per heavy atom. The number of carbonyl (C=O) groups excluding carboxylic acids is 2. The Morgan fingerprint density at radius 2 is 1.37 bits per heavy atom. The minimum atomic E-state index is -0.121. The van der Waals surface area contributed by atoms with Gasteiger partial charge in [0, 0.05) is 57.3 Å². The van der Waals surface area contributed by atoms with Gasteiger partial charge in [-0.2, -0.15) is 0 Å². The average Bonchev–Trinajstić information content (AvgIpc) is 3.17. The van der Waals surface area contributed by atoms with Crippen LogP contribution in [0.5, 0.6) is 11.5 Å². The molecule has 35 heavy (non-hydrogen) atoms. The summed E-state index contributed by atoms with van der Waals surface area (Å²) >= 11 is 0. The van der Waals surface area contributed by atoms with Gasteiger partial charge in [0.2, 0.25) is 5.91 Å². The van der Waals surface area contributed by atoms with Crippen molar-refractivity contribution in [1.29, 1.82) is 0 Å². The van der Waals surface area contributed by atoms with E-state index in [4.69, 9.17) is 9.47 Å². The largest absolute Gasteiger partial charge is 0.497 e. The number of aryl methyl sites for hydroxylation is 2. The highest BCUT2D eigenvalue weighted by atomic mass is 16.5. The van der Waals surface area contributed by atoms with Crippen molar-refractivity contribution < 1.29 is 19.1 Å². The molecule has 0 spiro atoms. The zero-order chi connectivity index (χ0) is 24.9. The fraction of sp³-hybridized carbons (Fsp3) is 0.423. The topological polar surface area (TPSA) is 86.0 Å². The number of hydrogen-bond acceptors (Lipinski definition) is 5. The molecule has 4 rings (SSSR count). The van der Waals surface area contributed by atoms with Gasteiger partial charge in [-0.15, -0.1) is 0 Å². The fourth-order valence-corrected chi connectivity index (χ4v) is 4.57. The predicted molar refractivity (Wildman–Crippen MR) is 133 cm³/mol.